The van der Waals surface area contributed by atoms with Crippen molar-refractivity contribution in [1.29, 1.82) is 0 Å². The Labute approximate surface area is 176 Å². The first-order chi connectivity index (χ1) is 14.3. The predicted molar refractivity (Wildman–Crippen MR) is 122 cm³/mol. The van der Waals surface area contributed by atoms with E-state index in [-0.39, 0.29) is 5.91 Å². The van der Waals surface area contributed by atoms with E-state index in [1.165, 1.54) is 15.3 Å². The largest absolute Gasteiger partial charge is 0.329 e. The fourth-order valence-electron chi connectivity index (χ4n) is 3.86. The molecule has 0 saturated carbocycles. The van der Waals surface area contributed by atoms with Crippen LogP contribution in [0.15, 0.2) is 66.1 Å². The molecular weight excluding hydrogens is 378 g/mol. The van der Waals surface area contributed by atoms with Crippen LogP contribution in [-0.4, -0.2) is 48.1 Å². The van der Waals surface area contributed by atoms with E-state index in [1.807, 2.05) is 24.0 Å². The van der Waals surface area contributed by atoms with E-state index in [2.05, 4.69) is 64.6 Å². The number of allylic oxidation sites excluding steroid dienone is 2. The number of hydrogen-bond donors (Lipinski definition) is 1. The molecule has 1 aliphatic heterocycles. The number of fused-ring (bicyclic) bond motifs is 1. The van der Waals surface area contributed by atoms with Gasteiger partial charge in [-0.1, -0.05) is 48.6 Å². The van der Waals surface area contributed by atoms with Gasteiger partial charge in [-0.3, -0.25) is 4.79 Å². The second kappa shape index (κ2) is 9.25. The Kier molecular flexibility index (Phi) is 6.27. The van der Waals surface area contributed by atoms with Crippen LogP contribution in [-0.2, 0) is 6.54 Å². The van der Waals surface area contributed by atoms with Crippen LogP contribution in [0.25, 0.3) is 16.3 Å². The molecule has 0 unspecified atom stereocenters. The lowest BCUT2D eigenvalue weighted by molar-refractivity contribution is -0.898. The van der Waals surface area contributed by atoms with E-state index in [1.54, 1.807) is 11.3 Å². The van der Waals surface area contributed by atoms with Gasteiger partial charge in [0.2, 0.25) is 0 Å². The molecule has 0 aliphatic carbocycles. The second-order valence-electron chi connectivity index (χ2n) is 7.45. The maximum absolute atomic E-state index is 13.2. The van der Waals surface area contributed by atoms with E-state index in [0.29, 0.717) is 0 Å². The maximum atomic E-state index is 13.2. The normalized spacial score (nSPS) is 15.8. The number of benzene rings is 1. The molecule has 1 fully saturated rings. The van der Waals surface area contributed by atoms with E-state index in [4.69, 9.17) is 0 Å². The summed E-state index contributed by atoms with van der Waals surface area (Å²) in [5, 5.41) is 3.26. The van der Waals surface area contributed by atoms with Crippen LogP contribution in [0.2, 0.25) is 0 Å². The van der Waals surface area contributed by atoms with Crippen molar-refractivity contribution < 1.29 is 9.69 Å². The summed E-state index contributed by atoms with van der Waals surface area (Å²) in [6.07, 6.45) is 8.58. The Morgan fingerprint density at radius 3 is 2.69 bits per heavy atom. The van der Waals surface area contributed by atoms with Gasteiger partial charge in [0.05, 0.1) is 32.7 Å². The summed E-state index contributed by atoms with van der Waals surface area (Å²) in [6, 6.07) is 14.6. The number of piperazine rings is 1. The van der Waals surface area contributed by atoms with Crippen LogP contribution in [0.3, 0.4) is 0 Å². The van der Waals surface area contributed by atoms with Crippen LogP contribution in [0.1, 0.15) is 23.0 Å². The molecule has 1 amide bonds. The lowest BCUT2D eigenvalue weighted by atomic mass is 10.2. The van der Waals surface area contributed by atoms with Crippen molar-refractivity contribution in [2.24, 2.45) is 0 Å². The van der Waals surface area contributed by atoms with Crippen LogP contribution < -0.4 is 4.90 Å². The quantitative estimate of drug-likeness (QED) is 0.625. The lowest BCUT2D eigenvalue weighted by Gasteiger charge is -2.31. The van der Waals surface area contributed by atoms with Gasteiger partial charge in [0.15, 0.2) is 0 Å². The number of nitrogens with zero attached hydrogens (tertiary/aromatic N) is 2. The number of nitrogens with one attached hydrogen (secondary N) is 1. The van der Waals surface area contributed by atoms with E-state index >= 15 is 0 Å². The highest BCUT2D eigenvalue weighted by Crippen LogP contribution is 2.26. The number of carbonyl (C=O) groups excluding carboxylic acids is 1. The Bertz CT molecular complexity index is 1010. The molecule has 3 heterocycles. The first-order valence-corrected chi connectivity index (χ1v) is 11.2. The van der Waals surface area contributed by atoms with Crippen molar-refractivity contribution >= 4 is 33.5 Å². The molecule has 1 N–H and O–H groups in total. The molecule has 1 aromatic carbocycles. The van der Waals surface area contributed by atoms with Crippen molar-refractivity contribution in [3.63, 3.8) is 0 Å². The molecule has 3 aromatic rings. The number of amides is 1. The van der Waals surface area contributed by atoms with Gasteiger partial charge in [-0.15, -0.1) is 11.3 Å². The van der Waals surface area contributed by atoms with Gasteiger partial charge in [0.25, 0.3) is 5.91 Å². The molecule has 0 atom stereocenters. The summed E-state index contributed by atoms with van der Waals surface area (Å²) in [7, 11) is 0. The van der Waals surface area contributed by atoms with Gasteiger partial charge in [0.1, 0.15) is 10.5 Å². The van der Waals surface area contributed by atoms with Crippen molar-refractivity contribution in [2.45, 2.75) is 13.5 Å². The van der Waals surface area contributed by atoms with Gasteiger partial charge in [-0.25, -0.2) is 0 Å². The predicted octanol–water partition coefficient (Wildman–Crippen LogP) is 3.33. The summed E-state index contributed by atoms with van der Waals surface area (Å²) in [5.41, 5.74) is 2.06. The molecule has 0 radical (unpaired) electrons. The molecule has 4 nitrogen and oxygen atoms in total. The smallest absolute Gasteiger partial charge is 0.270 e. The molecular formula is C24H28N3OS+. The number of hydrogen-bond acceptors (Lipinski definition) is 2. The highest BCUT2D eigenvalue weighted by Gasteiger charge is 2.26. The monoisotopic (exact) mass is 406 g/mol. The van der Waals surface area contributed by atoms with Crippen LogP contribution >= 0.6 is 11.3 Å². The molecule has 0 bridgehead atoms. The topological polar surface area (TPSA) is 29.7 Å². The average Bonchev–Trinajstić information content (AvgIpc) is 3.35. The second-order valence-corrected chi connectivity index (χ2v) is 8.34. The number of quaternary nitrogens is 1. The third kappa shape index (κ3) is 4.52. The molecule has 1 saturated heterocycles. The molecule has 5 heteroatoms. The van der Waals surface area contributed by atoms with E-state index in [9.17, 15) is 4.79 Å². The molecule has 2 aromatic heterocycles. The van der Waals surface area contributed by atoms with Gasteiger partial charge in [-0.05, 0) is 36.1 Å². The zero-order valence-electron chi connectivity index (χ0n) is 16.9. The van der Waals surface area contributed by atoms with Crippen molar-refractivity contribution in [3.8, 4) is 0 Å². The van der Waals surface area contributed by atoms with E-state index in [0.717, 1.165) is 50.3 Å². The number of aromatic nitrogens is 1. The average molecular weight is 407 g/mol. The summed E-state index contributed by atoms with van der Waals surface area (Å²) in [4.78, 5) is 18.0. The molecule has 0 spiro atoms. The SMILES string of the molecule is C/C=C\Cn1c(C(=O)N2CC[NH+](C/C=C/c3ccccc3)CC2)cc2ccsc21. The number of rotatable bonds is 6. The Morgan fingerprint density at radius 2 is 1.93 bits per heavy atom. The number of carbonyl (C=O) groups is 1. The maximum Gasteiger partial charge on any atom is 0.270 e. The minimum atomic E-state index is 0.164. The Balaban J connectivity index is 1.37. The van der Waals surface area contributed by atoms with Gasteiger partial charge >= 0.3 is 0 Å². The first-order valence-electron chi connectivity index (χ1n) is 10.3. The van der Waals surface area contributed by atoms with Crippen LogP contribution in [0.5, 0.6) is 0 Å². The van der Waals surface area contributed by atoms with Crippen molar-refractivity contribution in [2.75, 3.05) is 32.7 Å². The summed E-state index contributed by atoms with van der Waals surface area (Å²) in [6.45, 7) is 7.39. The fraction of sp³-hybridized carbons (Fsp3) is 0.292. The summed E-state index contributed by atoms with van der Waals surface area (Å²) in [5.74, 6) is 0.164. The number of thiophene rings is 1. The molecule has 4 rings (SSSR count). The minimum Gasteiger partial charge on any atom is -0.329 e. The molecule has 1 aliphatic rings. The first kappa shape index (κ1) is 19.7. The third-order valence-corrected chi connectivity index (χ3v) is 6.47. The standard InChI is InChI=1S/C24H27N3OS/c1-2-3-13-27-22(19-21-11-18-29-24(21)27)23(28)26-16-14-25(15-17-26)12-7-10-20-8-5-4-6-9-20/h2-11,18-19H,12-17H2,1H3/p+1/b3-2-,10-7+. The molecule has 150 valence electrons. The highest BCUT2D eigenvalue weighted by atomic mass is 32.1. The zero-order valence-corrected chi connectivity index (χ0v) is 17.7. The van der Waals surface area contributed by atoms with Gasteiger partial charge in [-0.2, -0.15) is 0 Å². The van der Waals surface area contributed by atoms with Crippen LogP contribution in [0.4, 0.5) is 0 Å². The Hall–Kier alpha value is -2.63. The molecule has 29 heavy (non-hydrogen) atoms. The fourth-order valence-corrected chi connectivity index (χ4v) is 4.77. The minimum absolute atomic E-state index is 0.164. The van der Waals surface area contributed by atoms with Gasteiger partial charge in [0, 0.05) is 11.9 Å². The lowest BCUT2D eigenvalue weighted by Crippen LogP contribution is -3.14. The summed E-state index contributed by atoms with van der Waals surface area (Å²) < 4.78 is 2.16. The van der Waals surface area contributed by atoms with Gasteiger partial charge < -0.3 is 14.4 Å². The Morgan fingerprint density at radius 1 is 1.14 bits per heavy atom. The summed E-state index contributed by atoms with van der Waals surface area (Å²) >= 11 is 1.70. The van der Waals surface area contributed by atoms with Crippen molar-refractivity contribution in [3.05, 3.63) is 77.3 Å². The highest BCUT2D eigenvalue weighted by molar-refractivity contribution is 7.16. The van der Waals surface area contributed by atoms with E-state index < -0.39 is 0 Å². The van der Waals surface area contributed by atoms with Crippen LogP contribution in [0, 0.1) is 0 Å². The third-order valence-electron chi connectivity index (χ3n) is 5.52. The van der Waals surface area contributed by atoms with Crippen molar-refractivity contribution in [1.82, 2.24) is 9.47 Å². The zero-order chi connectivity index (χ0) is 20.1.